The summed E-state index contributed by atoms with van der Waals surface area (Å²) >= 11 is 5.94. The molecule has 2 aromatic rings. The normalized spacial score (nSPS) is 20.7. The average molecular weight is 294 g/mol. The predicted octanol–water partition coefficient (Wildman–Crippen LogP) is 4.49. The van der Waals surface area contributed by atoms with Gasteiger partial charge in [-0.25, -0.2) is 0 Å². The smallest absolute Gasteiger partial charge is 0.0406 e. The van der Waals surface area contributed by atoms with E-state index in [9.17, 15) is 0 Å². The van der Waals surface area contributed by atoms with Crippen molar-refractivity contribution >= 4 is 24.0 Å². The van der Waals surface area contributed by atoms with E-state index in [4.69, 9.17) is 17.3 Å². The molecule has 0 spiro atoms. The lowest BCUT2D eigenvalue weighted by Crippen LogP contribution is -2.02. The third kappa shape index (κ3) is 2.94. The predicted molar refractivity (Wildman–Crippen MR) is 84.0 cm³/mol. The summed E-state index contributed by atoms with van der Waals surface area (Å²) in [6.07, 6.45) is 1.22. The molecule has 0 amide bonds. The third-order valence-corrected chi connectivity index (χ3v) is 3.99. The number of rotatable bonds is 3. The minimum Gasteiger partial charge on any atom is -0.330 e. The summed E-state index contributed by atoms with van der Waals surface area (Å²) < 4.78 is 0. The van der Waals surface area contributed by atoms with Crippen LogP contribution >= 0.6 is 24.0 Å². The van der Waals surface area contributed by atoms with E-state index in [0.717, 1.165) is 11.6 Å². The molecule has 3 rings (SSSR count). The molecule has 3 heteroatoms. The number of hydrogen-bond donors (Lipinski definition) is 1. The zero-order valence-electron chi connectivity index (χ0n) is 10.6. The summed E-state index contributed by atoms with van der Waals surface area (Å²) in [4.78, 5) is 0. The Bertz CT molecular complexity index is 551. The Morgan fingerprint density at radius 2 is 1.74 bits per heavy atom. The fraction of sp³-hybridized carbons (Fsp3) is 0.250. The fourth-order valence-electron chi connectivity index (χ4n) is 2.60. The van der Waals surface area contributed by atoms with Gasteiger partial charge in [-0.1, -0.05) is 48.0 Å². The maximum atomic E-state index is 5.94. The van der Waals surface area contributed by atoms with Crippen LogP contribution in [0.25, 0.3) is 11.1 Å². The van der Waals surface area contributed by atoms with Crippen LogP contribution < -0.4 is 5.73 Å². The fourth-order valence-corrected chi connectivity index (χ4v) is 2.73. The highest BCUT2D eigenvalue weighted by atomic mass is 35.5. The highest BCUT2D eigenvalue weighted by Crippen LogP contribution is 2.49. The quantitative estimate of drug-likeness (QED) is 0.886. The van der Waals surface area contributed by atoms with Crippen LogP contribution in [0.4, 0.5) is 0 Å². The molecule has 19 heavy (non-hydrogen) atoms. The summed E-state index contributed by atoms with van der Waals surface area (Å²) in [5.41, 5.74) is 9.73. The van der Waals surface area contributed by atoms with Gasteiger partial charge in [0.05, 0.1) is 0 Å². The van der Waals surface area contributed by atoms with Crippen LogP contribution in [0, 0.1) is 5.92 Å². The van der Waals surface area contributed by atoms with Crippen LogP contribution in [-0.4, -0.2) is 6.54 Å². The minimum atomic E-state index is 0. The van der Waals surface area contributed by atoms with E-state index in [2.05, 4.69) is 36.4 Å². The van der Waals surface area contributed by atoms with Crippen LogP contribution in [0.3, 0.4) is 0 Å². The number of benzene rings is 2. The number of halogens is 2. The lowest BCUT2D eigenvalue weighted by molar-refractivity contribution is 0.810. The summed E-state index contributed by atoms with van der Waals surface area (Å²) in [5, 5.41) is 0.780. The van der Waals surface area contributed by atoms with Gasteiger partial charge < -0.3 is 5.73 Å². The van der Waals surface area contributed by atoms with Crippen molar-refractivity contribution in [1.29, 1.82) is 0 Å². The van der Waals surface area contributed by atoms with E-state index < -0.39 is 0 Å². The lowest BCUT2D eigenvalue weighted by Gasteiger charge is -2.09. The number of hydrogen-bond acceptors (Lipinski definition) is 1. The summed E-state index contributed by atoms with van der Waals surface area (Å²) in [6.45, 7) is 0.791. The monoisotopic (exact) mass is 293 g/mol. The largest absolute Gasteiger partial charge is 0.330 e. The Hall–Kier alpha value is -1.02. The van der Waals surface area contributed by atoms with Crippen molar-refractivity contribution in [2.45, 2.75) is 12.3 Å². The van der Waals surface area contributed by atoms with Crippen molar-refractivity contribution in [1.82, 2.24) is 0 Å². The molecule has 0 unspecified atom stereocenters. The van der Waals surface area contributed by atoms with Gasteiger partial charge in [0.2, 0.25) is 0 Å². The van der Waals surface area contributed by atoms with Crippen molar-refractivity contribution in [3.63, 3.8) is 0 Å². The molecule has 1 aliphatic carbocycles. The highest BCUT2D eigenvalue weighted by molar-refractivity contribution is 6.30. The Kier molecular flexibility index (Phi) is 4.51. The van der Waals surface area contributed by atoms with Crippen LogP contribution in [-0.2, 0) is 0 Å². The van der Waals surface area contributed by atoms with Crippen LogP contribution in [0.15, 0.2) is 48.5 Å². The van der Waals surface area contributed by atoms with E-state index >= 15 is 0 Å². The van der Waals surface area contributed by atoms with Crippen LogP contribution in [0.2, 0.25) is 5.02 Å². The Labute approximate surface area is 125 Å². The number of nitrogens with two attached hydrogens (primary N) is 1. The van der Waals surface area contributed by atoms with Crippen LogP contribution in [0.1, 0.15) is 17.9 Å². The molecule has 2 N–H and O–H groups in total. The van der Waals surface area contributed by atoms with Gasteiger partial charge in [-0.2, -0.15) is 0 Å². The molecule has 0 saturated heterocycles. The molecule has 0 heterocycles. The van der Waals surface area contributed by atoms with Crippen molar-refractivity contribution < 1.29 is 0 Å². The average Bonchev–Trinajstić information content (AvgIpc) is 3.19. The molecule has 0 bridgehead atoms. The second-order valence-electron chi connectivity index (χ2n) is 4.93. The molecule has 1 nitrogen and oxygen atoms in total. The zero-order chi connectivity index (χ0) is 12.5. The van der Waals surface area contributed by atoms with E-state index in [-0.39, 0.29) is 12.4 Å². The Morgan fingerprint density at radius 3 is 2.37 bits per heavy atom. The minimum absolute atomic E-state index is 0. The first-order valence-corrected chi connectivity index (χ1v) is 6.72. The molecule has 0 radical (unpaired) electrons. The Morgan fingerprint density at radius 1 is 1.05 bits per heavy atom. The van der Waals surface area contributed by atoms with Gasteiger partial charge in [-0.15, -0.1) is 12.4 Å². The first kappa shape index (κ1) is 14.4. The van der Waals surface area contributed by atoms with Crippen LogP contribution in [0.5, 0.6) is 0 Å². The summed E-state index contributed by atoms with van der Waals surface area (Å²) in [5.74, 6) is 1.31. The molecule has 0 aliphatic heterocycles. The molecule has 0 aromatic heterocycles. The molecule has 100 valence electrons. The van der Waals surface area contributed by atoms with Gasteiger partial charge in [0.25, 0.3) is 0 Å². The van der Waals surface area contributed by atoms with E-state index in [0.29, 0.717) is 11.8 Å². The first-order chi connectivity index (χ1) is 8.79. The second kappa shape index (κ2) is 5.96. The molecule has 2 aromatic carbocycles. The molecule has 1 saturated carbocycles. The van der Waals surface area contributed by atoms with Crippen molar-refractivity contribution in [2.75, 3.05) is 6.54 Å². The van der Waals surface area contributed by atoms with E-state index in [1.807, 2.05) is 12.1 Å². The van der Waals surface area contributed by atoms with Gasteiger partial charge in [-0.05, 0) is 53.6 Å². The molecular weight excluding hydrogens is 277 g/mol. The Balaban J connectivity index is 0.00000133. The van der Waals surface area contributed by atoms with Crippen molar-refractivity contribution in [3.05, 3.63) is 59.1 Å². The maximum absolute atomic E-state index is 5.94. The van der Waals surface area contributed by atoms with Gasteiger partial charge in [-0.3, -0.25) is 0 Å². The molecular formula is C16H17Cl2N. The van der Waals surface area contributed by atoms with E-state index in [1.54, 1.807) is 0 Å². The van der Waals surface area contributed by atoms with Crippen molar-refractivity contribution in [3.8, 4) is 11.1 Å². The SMILES string of the molecule is Cl.NC[C@@H]1C[C@H]1c1ccccc1-c1ccc(Cl)cc1. The zero-order valence-corrected chi connectivity index (χ0v) is 12.1. The van der Waals surface area contributed by atoms with Crippen molar-refractivity contribution in [2.24, 2.45) is 11.7 Å². The third-order valence-electron chi connectivity index (χ3n) is 3.74. The summed E-state index contributed by atoms with van der Waals surface area (Å²) in [6, 6.07) is 16.7. The second-order valence-corrected chi connectivity index (χ2v) is 5.37. The summed E-state index contributed by atoms with van der Waals surface area (Å²) in [7, 11) is 0. The first-order valence-electron chi connectivity index (χ1n) is 6.34. The molecule has 1 fully saturated rings. The topological polar surface area (TPSA) is 26.0 Å². The van der Waals surface area contributed by atoms with Gasteiger partial charge in [0, 0.05) is 5.02 Å². The van der Waals surface area contributed by atoms with Gasteiger partial charge >= 0.3 is 0 Å². The lowest BCUT2D eigenvalue weighted by atomic mass is 9.96. The van der Waals surface area contributed by atoms with Gasteiger partial charge in [0.15, 0.2) is 0 Å². The highest BCUT2D eigenvalue weighted by Gasteiger charge is 2.38. The van der Waals surface area contributed by atoms with E-state index in [1.165, 1.54) is 23.1 Å². The standard InChI is InChI=1S/C16H16ClN.ClH/c17-13-7-5-11(6-8-13)14-3-1-2-4-15(14)16-9-12(16)10-18;/h1-8,12,16H,9-10,18H2;1H/t12-,16+;/m0./s1. The maximum Gasteiger partial charge on any atom is 0.0406 e. The molecule has 2 atom stereocenters. The van der Waals surface area contributed by atoms with Gasteiger partial charge in [0.1, 0.15) is 0 Å². The molecule has 1 aliphatic rings.